The van der Waals surface area contributed by atoms with Gasteiger partial charge in [0.25, 0.3) is 17.7 Å². The maximum absolute atomic E-state index is 13.4. The molecule has 1 atom stereocenters. The maximum atomic E-state index is 13.4. The fraction of sp³-hybridized carbons (Fsp3) is 0.429. The second-order valence-corrected chi connectivity index (χ2v) is 15.6. The summed E-state index contributed by atoms with van der Waals surface area (Å²) in [5.41, 5.74) is 1.84. The Balaban J connectivity index is 0.874. The topological polar surface area (TPSA) is 166 Å². The fourth-order valence-corrected chi connectivity index (χ4v) is 8.56. The highest BCUT2D eigenvalue weighted by Crippen LogP contribution is 2.37. The van der Waals surface area contributed by atoms with E-state index >= 15 is 0 Å². The number of halogens is 3. The average Bonchev–Trinajstić information content (AvgIpc) is 3.70. The minimum Gasteiger partial charge on any atom is -0.492 e. The van der Waals surface area contributed by atoms with Gasteiger partial charge in [-0.3, -0.25) is 49.3 Å². The number of anilines is 1. The van der Waals surface area contributed by atoms with E-state index in [4.69, 9.17) is 9.72 Å². The number of aliphatic hydroxyl groups excluding tert-OH is 1. The van der Waals surface area contributed by atoms with Gasteiger partial charge in [-0.05, 0) is 92.1 Å². The highest BCUT2D eigenvalue weighted by Gasteiger charge is 2.45. The van der Waals surface area contributed by atoms with Crippen molar-refractivity contribution >= 4 is 46.5 Å². The quantitative estimate of drug-likeness (QED) is 0.182. The SMILES string of the molecule is O=C1CCC(N2C(=O)c3ccc(OCCN4CCN(Cc5ccc6c(c5)nc(NC(=O)c5cccc(C(F)(F)F)c5)n6[C@H]5CC[C@@H](CO)CC5)CC4)cc3C2=O)C(=O)N1. The van der Waals surface area contributed by atoms with E-state index in [1.165, 1.54) is 24.3 Å². The van der Waals surface area contributed by atoms with Crippen molar-refractivity contribution in [3.05, 3.63) is 88.5 Å². The summed E-state index contributed by atoms with van der Waals surface area (Å²) >= 11 is 0. The molecule has 3 fully saturated rings. The van der Waals surface area contributed by atoms with E-state index in [9.17, 15) is 42.3 Å². The molecule has 59 heavy (non-hydrogen) atoms. The smallest absolute Gasteiger partial charge is 0.416 e. The molecule has 310 valence electrons. The number of nitrogens with one attached hydrogen (secondary N) is 2. The lowest BCUT2D eigenvalue weighted by Crippen LogP contribution is -2.54. The fourth-order valence-electron chi connectivity index (χ4n) is 8.56. The number of ether oxygens (including phenoxy) is 1. The number of benzene rings is 3. The number of fused-ring (bicyclic) bond motifs is 2. The van der Waals surface area contributed by atoms with E-state index in [1.54, 1.807) is 6.07 Å². The van der Waals surface area contributed by atoms with Gasteiger partial charge in [-0.1, -0.05) is 12.1 Å². The summed E-state index contributed by atoms with van der Waals surface area (Å²) in [4.78, 5) is 73.8. The van der Waals surface area contributed by atoms with Gasteiger partial charge in [0.05, 0.1) is 27.7 Å². The Morgan fingerprint density at radius 2 is 1.63 bits per heavy atom. The second kappa shape index (κ2) is 16.5. The van der Waals surface area contributed by atoms with E-state index in [0.29, 0.717) is 31.0 Å². The van der Waals surface area contributed by atoms with Crippen LogP contribution < -0.4 is 15.4 Å². The molecule has 0 spiro atoms. The van der Waals surface area contributed by atoms with Crippen LogP contribution >= 0.6 is 0 Å². The number of hydrogen-bond donors (Lipinski definition) is 3. The number of nitrogens with zero attached hydrogens (tertiary/aromatic N) is 5. The van der Waals surface area contributed by atoms with Crippen molar-refractivity contribution < 1.29 is 47.0 Å². The van der Waals surface area contributed by atoms with Crippen LogP contribution in [0, 0.1) is 5.92 Å². The zero-order valence-electron chi connectivity index (χ0n) is 32.2. The van der Waals surface area contributed by atoms with Gasteiger partial charge >= 0.3 is 6.18 Å². The van der Waals surface area contributed by atoms with Crippen LogP contribution in [-0.2, 0) is 22.3 Å². The van der Waals surface area contributed by atoms with Crippen molar-refractivity contribution in [3.8, 4) is 5.75 Å². The van der Waals surface area contributed by atoms with Crippen molar-refractivity contribution in [1.82, 2.24) is 29.6 Å². The third-order valence-electron chi connectivity index (χ3n) is 11.8. The number of carbonyl (C=O) groups is 5. The van der Waals surface area contributed by atoms with Crippen LogP contribution in [0.4, 0.5) is 19.1 Å². The monoisotopic (exact) mass is 815 g/mol. The van der Waals surface area contributed by atoms with Gasteiger partial charge < -0.3 is 14.4 Å². The molecule has 0 radical (unpaired) electrons. The Morgan fingerprint density at radius 3 is 2.36 bits per heavy atom. The molecular weight excluding hydrogens is 771 g/mol. The summed E-state index contributed by atoms with van der Waals surface area (Å²) in [6.45, 7) is 4.94. The Hall–Kier alpha value is -5.65. The third kappa shape index (κ3) is 8.45. The van der Waals surface area contributed by atoms with Crippen molar-refractivity contribution in [2.75, 3.05) is 51.3 Å². The zero-order chi connectivity index (χ0) is 41.4. The molecule has 0 bridgehead atoms. The number of imidazole rings is 1. The molecule has 1 saturated carbocycles. The van der Waals surface area contributed by atoms with Gasteiger partial charge in [-0.2, -0.15) is 13.2 Å². The molecule has 4 aliphatic rings. The van der Waals surface area contributed by atoms with Crippen LogP contribution in [0.1, 0.15) is 86.8 Å². The predicted octanol–water partition coefficient (Wildman–Crippen LogP) is 4.63. The number of piperazine rings is 1. The largest absolute Gasteiger partial charge is 0.492 e. The molecule has 2 saturated heterocycles. The van der Waals surface area contributed by atoms with E-state index in [-0.39, 0.29) is 54.0 Å². The molecule has 8 rings (SSSR count). The van der Waals surface area contributed by atoms with Gasteiger partial charge in [-0.15, -0.1) is 0 Å². The van der Waals surface area contributed by atoms with E-state index in [2.05, 4.69) is 20.4 Å². The molecule has 3 aromatic carbocycles. The number of hydrogen-bond acceptors (Lipinski definition) is 10. The summed E-state index contributed by atoms with van der Waals surface area (Å²) in [7, 11) is 0. The summed E-state index contributed by atoms with van der Waals surface area (Å²) in [6.07, 6.45) is -1.31. The number of rotatable bonds is 11. The minimum atomic E-state index is -4.59. The number of alkyl halides is 3. The molecule has 1 aliphatic carbocycles. The molecule has 1 unspecified atom stereocenters. The Bertz CT molecular complexity index is 2300. The average molecular weight is 816 g/mol. The summed E-state index contributed by atoms with van der Waals surface area (Å²) in [5.74, 6) is -2.02. The van der Waals surface area contributed by atoms with Gasteiger partial charge in [0.2, 0.25) is 17.8 Å². The number of aromatic nitrogens is 2. The first-order valence-corrected chi connectivity index (χ1v) is 19.9. The maximum Gasteiger partial charge on any atom is 0.416 e. The van der Waals surface area contributed by atoms with Crippen molar-refractivity contribution in [1.29, 1.82) is 0 Å². The first-order chi connectivity index (χ1) is 28.4. The lowest BCUT2D eigenvalue weighted by atomic mass is 9.86. The first kappa shape index (κ1) is 40.1. The first-order valence-electron chi connectivity index (χ1n) is 19.9. The standard InChI is InChI=1S/C42H44F3N7O7/c43-42(44,45)28-3-1-2-27(21-28)37(55)48-41-46-33-20-26(6-11-34(33)51(41)29-7-4-25(24-53)5-8-29)23-50-16-14-49(15-17-50)18-19-59-30-9-10-31-32(22-30)40(58)52(39(31)57)35-12-13-36(54)47-38(35)56/h1-3,6,9-11,20-22,25,29,35,53H,4-5,7-8,12-19,23-24H2,(H,46,48,55)(H,47,54,56)/t25-,29+,35?. The van der Waals surface area contributed by atoms with Gasteiger partial charge in [-0.25, -0.2) is 4.98 Å². The van der Waals surface area contributed by atoms with E-state index in [1.807, 2.05) is 22.8 Å². The van der Waals surface area contributed by atoms with Crippen LogP contribution in [0.25, 0.3) is 11.0 Å². The number of amides is 5. The van der Waals surface area contributed by atoms with Gasteiger partial charge in [0.1, 0.15) is 18.4 Å². The molecule has 14 nitrogen and oxygen atoms in total. The zero-order valence-corrected chi connectivity index (χ0v) is 32.2. The lowest BCUT2D eigenvalue weighted by molar-refractivity contribution is -0.138. The molecule has 4 aromatic rings. The molecule has 3 N–H and O–H groups in total. The highest BCUT2D eigenvalue weighted by atomic mass is 19.4. The summed E-state index contributed by atoms with van der Waals surface area (Å²) < 4.78 is 48.2. The number of piperidine rings is 1. The summed E-state index contributed by atoms with van der Waals surface area (Å²) in [5, 5.41) is 14.7. The van der Waals surface area contributed by atoms with Crippen molar-refractivity contribution in [2.45, 2.75) is 63.3 Å². The highest BCUT2D eigenvalue weighted by molar-refractivity contribution is 6.23. The van der Waals surface area contributed by atoms with Crippen LogP contribution in [0.5, 0.6) is 5.75 Å². The van der Waals surface area contributed by atoms with Crippen LogP contribution in [0.3, 0.4) is 0 Å². The van der Waals surface area contributed by atoms with Gasteiger partial charge in [0, 0.05) is 63.9 Å². The molecule has 1 aromatic heterocycles. The number of imide groups is 2. The molecule has 5 amide bonds. The van der Waals surface area contributed by atoms with Crippen LogP contribution in [-0.4, -0.2) is 111 Å². The number of aliphatic hydroxyl groups is 1. The van der Waals surface area contributed by atoms with E-state index in [0.717, 1.165) is 80.0 Å². The Kier molecular flexibility index (Phi) is 11.3. The second-order valence-electron chi connectivity index (χ2n) is 15.6. The predicted molar refractivity (Wildman–Crippen MR) is 208 cm³/mol. The molecule has 4 heterocycles. The number of carbonyl (C=O) groups excluding carboxylic acids is 5. The molecule has 3 aliphatic heterocycles. The van der Waals surface area contributed by atoms with Gasteiger partial charge in [0.15, 0.2) is 0 Å². The lowest BCUT2D eigenvalue weighted by Gasteiger charge is -2.34. The van der Waals surface area contributed by atoms with Crippen molar-refractivity contribution in [3.63, 3.8) is 0 Å². The Labute approximate surface area is 337 Å². The minimum absolute atomic E-state index is 0.00717. The van der Waals surface area contributed by atoms with Crippen molar-refractivity contribution in [2.24, 2.45) is 5.92 Å². The van der Waals surface area contributed by atoms with E-state index < -0.39 is 47.3 Å². The summed E-state index contributed by atoms with van der Waals surface area (Å²) in [6, 6.07) is 14.0. The molecular formula is C42H44F3N7O7. The third-order valence-corrected chi connectivity index (χ3v) is 11.8. The normalized spacial score (nSPS) is 21.8. The van der Waals surface area contributed by atoms with Crippen LogP contribution in [0.15, 0.2) is 60.7 Å². The Morgan fingerprint density at radius 1 is 0.881 bits per heavy atom. The van der Waals surface area contributed by atoms with Crippen LogP contribution in [0.2, 0.25) is 0 Å². The molecule has 17 heteroatoms.